The number of ether oxygens (including phenoxy) is 6. The van der Waals surface area contributed by atoms with Crippen molar-refractivity contribution in [2.75, 3.05) is 19.1 Å². The maximum atomic E-state index is 6.13. The molecule has 0 spiro atoms. The number of rotatable bonds is 11. The molecule has 4 rings (SSSR count). The van der Waals surface area contributed by atoms with Crippen molar-refractivity contribution in [1.29, 1.82) is 0 Å². The van der Waals surface area contributed by atoms with Gasteiger partial charge in [0, 0.05) is 0 Å². The Labute approximate surface area is 194 Å². The van der Waals surface area contributed by atoms with Gasteiger partial charge in [-0.15, -0.1) is 11.6 Å². The van der Waals surface area contributed by atoms with E-state index in [2.05, 4.69) is 0 Å². The molecule has 2 aliphatic rings. The second-order valence-corrected chi connectivity index (χ2v) is 8.82. The van der Waals surface area contributed by atoms with Gasteiger partial charge in [0.15, 0.2) is 12.1 Å². The quantitative estimate of drug-likeness (QED) is 0.464. The van der Waals surface area contributed by atoms with E-state index in [0.717, 1.165) is 11.1 Å². The lowest BCUT2D eigenvalue weighted by molar-refractivity contribution is -0.238. The summed E-state index contributed by atoms with van der Waals surface area (Å²) in [7, 11) is 0. The molecular formula is C25H31ClO6. The van der Waals surface area contributed by atoms with Crippen molar-refractivity contribution in [3.8, 4) is 0 Å². The summed E-state index contributed by atoms with van der Waals surface area (Å²) in [6.45, 7) is 5.45. The number of alkyl halides is 1. The average molecular weight is 463 g/mol. The lowest BCUT2D eigenvalue weighted by Gasteiger charge is -2.25. The van der Waals surface area contributed by atoms with Gasteiger partial charge in [0.05, 0.1) is 32.3 Å². The Hall–Kier alpha value is -1.51. The molecule has 0 N–H and O–H groups in total. The van der Waals surface area contributed by atoms with Gasteiger partial charge in [-0.3, -0.25) is 0 Å². The molecule has 2 aliphatic heterocycles. The molecule has 0 saturated carbocycles. The van der Waals surface area contributed by atoms with Gasteiger partial charge in [-0.1, -0.05) is 60.7 Å². The Bertz CT molecular complexity index is 818. The van der Waals surface area contributed by atoms with E-state index in [1.165, 1.54) is 0 Å². The van der Waals surface area contributed by atoms with Crippen molar-refractivity contribution >= 4 is 11.6 Å². The van der Waals surface area contributed by atoms with E-state index >= 15 is 0 Å². The molecule has 2 saturated heterocycles. The van der Waals surface area contributed by atoms with Crippen LogP contribution in [0.5, 0.6) is 0 Å². The van der Waals surface area contributed by atoms with Gasteiger partial charge < -0.3 is 28.4 Å². The first-order chi connectivity index (χ1) is 15.5. The van der Waals surface area contributed by atoms with Crippen molar-refractivity contribution in [2.45, 2.75) is 63.6 Å². The highest BCUT2D eigenvalue weighted by molar-refractivity contribution is 6.18. The van der Waals surface area contributed by atoms with Gasteiger partial charge in [0.2, 0.25) is 0 Å². The number of fused-ring (bicyclic) bond motifs is 1. The summed E-state index contributed by atoms with van der Waals surface area (Å²) in [5.74, 6) is -0.373. The second kappa shape index (κ2) is 11.1. The number of halogens is 1. The number of benzene rings is 2. The summed E-state index contributed by atoms with van der Waals surface area (Å²) in [5.41, 5.74) is 2.20. The summed E-state index contributed by atoms with van der Waals surface area (Å²) in [4.78, 5) is 0. The predicted octanol–water partition coefficient (Wildman–Crippen LogP) is 4.29. The summed E-state index contributed by atoms with van der Waals surface area (Å²) < 4.78 is 36.1. The third kappa shape index (κ3) is 6.29. The van der Waals surface area contributed by atoms with Crippen molar-refractivity contribution in [2.24, 2.45) is 0 Å². The smallest absolute Gasteiger partial charge is 0.187 e. The standard InChI is InChI=1S/C25H31ClO6/c1-25(2)31-22-21(13-26)30-24(23(22)32-25)29-17-20(28-15-19-11-7-4-8-12-19)16-27-14-18-9-5-3-6-10-18/h3-12,20-24H,13-17H2,1-2H3/t20-,21-,22-,23-,24-/m1/s1. The maximum Gasteiger partial charge on any atom is 0.187 e. The zero-order chi connectivity index (χ0) is 22.4. The van der Waals surface area contributed by atoms with E-state index in [1.807, 2.05) is 74.5 Å². The first-order valence-corrected chi connectivity index (χ1v) is 11.5. The largest absolute Gasteiger partial charge is 0.374 e. The molecule has 2 aromatic rings. The van der Waals surface area contributed by atoms with Crippen molar-refractivity contribution in [3.63, 3.8) is 0 Å². The number of hydrogen-bond acceptors (Lipinski definition) is 6. The van der Waals surface area contributed by atoms with Crippen LogP contribution in [-0.2, 0) is 41.6 Å². The fourth-order valence-electron chi connectivity index (χ4n) is 3.92. The third-order valence-electron chi connectivity index (χ3n) is 5.45. The van der Waals surface area contributed by atoms with E-state index in [4.69, 9.17) is 40.0 Å². The zero-order valence-corrected chi connectivity index (χ0v) is 19.3. The van der Waals surface area contributed by atoms with Gasteiger partial charge in [0.25, 0.3) is 0 Å². The molecule has 174 valence electrons. The molecule has 0 bridgehead atoms. The van der Waals surface area contributed by atoms with Gasteiger partial charge >= 0.3 is 0 Å². The van der Waals surface area contributed by atoms with Crippen LogP contribution in [0.1, 0.15) is 25.0 Å². The Morgan fingerprint density at radius 1 is 0.875 bits per heavy atom. The van der Waals surface area contributed by atoms with Crippen molar-refractivity contribution < 1.29 is 28.4 Å². The van der Waals surface area contributed by atoms with Crippen LogP contribution in [0.3, 0.4) is 0 Å². The van der Waals surface area contributed by atoms with Crippen molar-refractivity contribution in [1.82, 2.24) is 0 Å². The molecule has 2 fully saturated rings. The minimum Gasteiger partial charge on any atom is -0.374 e. The molecule has 0 aromatic heterocycles. The Balaban J connectivity index is 1.33. The van der Waals surface area contributed by atoms with Crippen LogP contribution in [0.4, 0.5) is 0 Å². The van der Waals surface area contributed by atoms with Crippen molar-refractivity contribution in [3.05, 3.63) is 71.8 Å². The molecule has 2 heterocycles. The highest BCUT2D eigenvalue weighted by Gasteiger charge is 2.55. The van der Waals surface area contributed by atoms with E-state index < -0.39 is 12.1 Å². The SMILES string of the molecule is CC1(C)O[C@H]2[C@H](OC[C@@H](COCc3ccccc3)OCc3ccccc3)O[C@H](CCl)[C@H]2O1. The molecular weight excluding hydrogens is 432 g/mol. The van der Waals surface area contributed by atoms with Crippen LogP contribution in [0.25, 0.3) is 0 Å². The summed E-state index contributed by atoms with van der Waals surface area (Å²) in [6, 6.07) is 20.1. The van der Waals surface area contributed by atoms with Gasteiger partial charge in [-0.05, 0) is 25.0 Å². The highest BCUT2D eigenvalue weighted by Crippen LogP contribution is 2.39. The summed E-state index contributed by atoms with van der Waals surface area (Å²) >= 11 is 6.08. The van der Waals surface area contributed by atoms with Crippen LogP contribution in [0, 0.1) is 0 Å². The first kappa shape index (κ1) is 23.6. The minimum atomic E-state index is -0.687. The summed E-state index contributed by atoms with van der Waals surface area (Å²) in [6.07, 6.45) is -1.68. The molecule has 0 unspecified atom stereocenters. The predicted molar refractivity (Wildman–Crippen MR) is 120 cm³/mol. The lowest BCUT2D eigenvalue weighted by Crippen LogP contribution is -2.35. The van der Waals surface area contributed by atoms with E-state index in [0.29, 0.717) is 32.3 Å². The van der Waals surface area contributed by atoms with Crippen LogP contribution >= 0.6 is 11.6 Å². The Kier molecular flexibility index (Phi) is 8.18. The fraction of sp³-hybridized carbons (Fsp3) is 0.520. The molecule has 0 radical (unpaired) electrons. The minimum absolute atomic E-state index is 0.245. The van der Waals surface area contributed by atoms with E-state index in [1.54, 1.807) is 0 Å². The van der Waals surface area contributed by atoms with Gasteiger partial charge in [-0.2, -0.15) is 0 Å². The average Bonchev–Trinajstić information content (AvgIpc) is 3.29. The zero-order valence-electron chi connectivity index (χ0n) is 18.5. The van der Waals surface area contributed by atoms with Crippen LogP contribution < -0.4 is 0 Å². The Morgan fingerprint density at radius 2 is 1.50 bits per heavy atom. The molecule has 32 heavy (non-hydrogen) atoms. The molecule has 5 atom stereocenters. The normalized spacial score (nSPS) is 27.3. The molecule has 0 aliphatic carbocycles. The van der Waals surface area contributed by atoms with Gasteiger partial charge in [0.1, 0.15) is 24.4 Å². The monoisotopic (exact) mass is 462 g/mol. The van der Waals surface area contributed by atoms with Crippen LogP contribution in [0.2, 0.25) is 0 Å². The lowest BCUT2D eigenvalue weighted by atomic mass is 10.1. The van der Waals surface area contributed by atoms with Gasteiger partial charge in [-0.25, -0.2) is 0 Å². The highest BCUT2D eigenvalue weighted by atomic mass is 35.5. The molecule has 6 nitrogen and oxygen atoms in total. The van der Waals surface area contributed by atoms with E-state index in [9.17, 15) is 0 Å². The molecule has 2 aromatic carbocycles. The van der Waals surface area contributed by atoms with Crippen LogP contribution in [0.15, 0.2) is 60.7 Å². The fourth-order valence-corrected chi connectivity index (χ4v) is 4.17. The molecule has 7 heteroatoms. The van der Waals surface area contributed by atoms with Crippen LogP contribution in [-0.4, -0.2) is 55.6 Å². The first-order valence-electron chi connectivity index (χ1n) is 11.0. The third-order valence-corrected chi connectivity index (χ3v) is 5.75. The number of hydrogen-bond donors (Lipinski definition) is 0. The maximum absolute atomic E-state index is 6.13. The second-order valence-electron chi connectivity index (χ2n) is 8.51. The topological polar surface area (TPSA) is 55.4 Å². The summed E-state index contributed by atoms with van der Waals surface area (Å²) in [5, 5.41) is 0. The molecule has 0 amide bonds. The Morgan fingerprint density at radius 3 is 2.16 bits per heavy atom. The van der Waals surface area contributed by atoms with E-state index in [-0.39, 0.29) is 24.4 Å².